The minimum atomic E-state index is -0.985. The molecule has 25 heavy (non-hydrogen) atoms. The highest BCUT2D eigenvalue weighted by atomic mass is 16.5. The zero-order valence-corrected chi connectivity index (χ0v) is 15.5. The summed E-state index contributed by atoms with van der Waals surface area (Å²) in [5, 5.41) is 0. The number of rotatable bonds is 4. The number of nitrogens with zero attached hydrogens (tertiary/aromatic N) is 1. The quantitative estimate of drug-likeness (QED) is 0.786. The van der Waals surface area contributed by atoms with Gasteiger partial charge in [-0.3, -0.25) is 14.4 Å². The van der Waals surface area contributed by atoms with Crippen LogP contribution in [-0.4, -0.2) is 24.6 Å². The number of ketones is 2. The van der Waals surface area contributed by atoms with Crippen LogP contribution >= 0.6 is 0 Å². The number of carbonyl (C=O) groups is 3. The Morgan fingerprint density at radius 1 is 0.880 bits per heavy atom. The molecule has 1 heterocycles. The van der Waals surface area contributed by atoms with Gasteiger partial charge >= 0.3 is 5.97 Å². The third-order valence-electron chi connectivity index (χ3n) is 4.52. The van der Waals surface area contributed by atoms with Gasteiger partial charge in [0.25, 0.3) is 0 Å². The van der Waals surface area contributed by atoms with Crippen molar-refractivity contribution in [2.24, 2.45) is 5.92 Å². The van der Waals surface area contributed by atoms with Crippen LogP contribution in [0, 0.1) is 12.8 Å². The molecule has 1 aliphatic heterocycles. The number of esters is 1. The minimum Gasteiger partial charge on any atom is -0.468 e. The molecule has 0 spiro atoms. The summed E-state index contributed by atoms with van der Waals surface area (Å²) in [6, 6.07) is 7.78. The molecular weight excluding hydrogens is 318 g/mol. The van der Waals surface area contributed by atoms with Gasteiger partial charge in [-0.2, -0.15) is 0 Å². The van der Waals surface area contributed by atoms with Crippen LogP contribution in [0.2, 0.25) is 0 Å². The highest BCUT2D eigenvalue weighted by molar-refractivity contribution is 6.09. The molecular formula is C20H23NO4. The molecule has 0 radical (unpaired) electrons. The lowest BCUT2D eigenvalue weighted by atomic mass is 9.81. The van der Waals surface area contributed by atoms with Crippen molar-refractivity contribution in [3.8, 4) is 0 Å². The fourth-order valence-corrected chi connectivity index (χ4v) is 3.41. The molecule has 0 aliphatic carbocycles. The van der Waals surface area contributed by atoms with E-state index in [1.165, 1.54) is 21.0 Å². The largest absolute Gasteiger partial charge is 0.468 e. The molecule has 0 aromatic heterocycles. The van der Waals surface area contributed by atoms with E-state index in [0.29, 0.717) is 22.5 Å². The summed E-state index contributed by atoms with van der Waals surface area (Å²) in [6.45, 7) is 8.36. The summed E-state index contributed by atoms with van der Waals surface area (Å²) >= 11 is 0. The summed E-state index contributed by atoms with van der Waals surface area (Å²) in [6.07, 6.45) is 0. The third kappa shape index (κ3) is 3.27. The highest BCUT2D eigenvalue weighted by Crippen LogP contribution is 2.39. The predicted molar refractivity (Wildman–Crippen MR) is 95.9 cm³/mol. The summed E-state index contributed by atoms with van der Waals surface area (Å²) in [5.74, 6) is -2.09. The zero-order chi connectivity index (χ0) is 18.9. The molecule has 1 aromatic rings. The number of hydrogen-bond donors (Lipinski definition) is 0. The second-order valence-corrected chi connectivity index (χ2v) is 6.24. The maximum absolute atomic E-state index is 12.4. The number of anilines is 1. The number of benzene rings is 1. The number of Topliss-reactive ketones (excluding diaryl/α,β-unsaturated/α-hetero) is 2. The average Bonchev–Trinajstić information content (AvgIpc) is 2.54. The van der Waals surface area contributed by atoms with E-state index in [1.807, 2.05) is 36.1 Å². The first-order valence-electron chi connectivity index (χ1n) is 8.08. The Balaban J connectivity index is 2.78. The molecule has 132 valence electrons. The molecule has 1 aromatic carbocycles. The number of carbonyl (C=O) groups excluding carboxylic acids is 3. The molecule has 1 aliphatic rings. The summed E-state index contributed by atoms with van der Waals surface area (Å²) in [4.78, 5) is 38.9. The normalized spacial score (nSPS) is 15.5. The third-order valence-corrected chi connectivity index (χ3v) is 4.52. The SMILES string of the molecule is COC(=O)C1C(C(C)=O)=C(C)N(c2ccc(C)cc2)C(C)=C1C(C)=O. The van der Waals surface area contributed by atoms with Crippen molar-refractivity contribution in [2.75, 3.05) is 12.0 Å². The Bertz CT molecular complexity index is 761. The second-order valence-electron chi connectivity index (χ2n) is 6.24. The van der Waals surface area contributed by atoms with Crippen molar-refractivity contribution in [2.45, 2.75) is 34.6 Å². The topological polar surface area (TPSA) is 63.7 Å². The number of allylic oxidation sites excluding steroid dienone is 2. The van der Waals surface area contributed by atoms with Crippen molar-refractivity contribution in [3.05, 3.63) is 52.4 Å². The van der Waals surface area contributed by atoms with Gasteiger partial charge in [0.15, 0.2) is 11.6 Å². The average molecular weight is 341 g/mol. The molecule has 0 amide bonds. The molecule has 5 nitrogen and oxygen atoms in total. The first-order chi connectivity index (χ1) is 11.7. The van der Waals surface area contributed by atoms with Gasteiger partial charge in [-0.25, -0.2) is 0 Å². The van der Waals surface area contributed by atoms with E-state index in [4.69, 9.17) is 4.74 Å². The molecule has 0 bridgehead atoms. The van der Waals surface area contributed by atoms with E-state index in [0.717, 1.165) is 11.3 Å². The fraction of sp³-hybridized carbons (Fsp3) is 0.350. The van der Waals surface area contributed by atoms with Gasteiger partial charge in [-0.1, -0.05) is 17.7 Å². The molecule has 0 atom stereocenters. The van der Waals surface area contributed by atoms with E-state index in [9.17, 15) is 14.4 Å². The van der Waals surface area contributed by atoms with Crippen molar-refractivity contribution in [3.63, 3.8) is 0 Å². The van der Waals surface area contributed by atoms with Crippen LogP contribution in [0.5, 0.6) is 0 Å². The number of hydrogen-bond acceptors (Lipinski definition) is 5. The Morgan fingerprint density at radius 3 is 1.68 bits per heavy atom. The molecule has 0 saturated heterocycles. The Hall–Kier alpha value is -2.69. The Kier molecular flexibility index (Phi) is 5.26. The molecule has 0 N–H and O–H groups in total. The van der Waals surface area contributed by atoms with E-state index in [1.54, 1.807) is 13.8 Å². The lowest BCUT2D eigenvalue weighted by Gasteiger charge is -2.37. The molecule has 0 unspecified atom stereocenters. The van der Waals surface area contributed by atoms with Crippen molar-refractivity contribution in [1.29, 1.82) is 0 Å². The Labute approximate surface area is 148 Å². The van der Waals surface area contributed by atoms with Crippen LogP contribution < -0.4 is 4.90 Å². The fourth-order valence-electron chi connectivity index (χ4n) is 3.41. The predicted octanol–water partition coefficient (Wildman–Crippen LogP) is 3.33. The van der Waals surface area contributed by atoms with Gasteiger partial charge in [0, 0.05) is 28.2 Å². The van der Waals surface area contributed by atoms with Gasteiger partial charge in [0.2, 0.25) is 0 Å². The maximum atomic E-state index is 12.4. The van der Waals surface area contributed by atoms with Crippen molar-refractivity contribution < 1.29 is 19.1 Å². The van der Waals surface area contributed by atoms with Crippen LogP contribution in [0.25, 0.3) is 0 Å². The molecule has 0 fully saturated rings. The van der Waals surface area contributed by atoms with Gasteiger partial charge in [0.05, 0.1) is 7.11 Å². The smallest absolute Gasteiger partial charge is 0.318 e. The van der Waals surface area contributed by atoms with E-state index in [-0.39, 0.29) is 11.6 Å². The molecule has 0 saturated carbocycles. The lowest BCUT2D eigenvalue weighted by molar-refractivity contribution is -0.144. The van der Waals surface area contributed by atoms with E-state index >= 15 is 0 Å². The summed E-state index contributed by atoms with van der Waals surface area (Å²) < 4.78 is 4.87. The van der Waals surface area contributed by atoms with Crippen LogP contribution in [0.15, 0.2) is 46.8 Å². The van der Waals surface area contributed by atoms with Gasteiger partial charge in [-0.15, -0.1) is 0 Å². The zero-order valence-electron chi connectivity index (χ0n) is 15.5. The monoisotopic (exact) mass is 341 g/mol. The van der Waals surface area contributed by atoms with Crippen LogP contribution in [-0.2, 0) is 19.1 Å². The number of ether oxygens (including phenoxy) is 1. The first-order valence-corrected chi connectivity index (χ1v) is 8.08. The molecule has 2 rings (SSSR count). The second kappa shape index (κ2) is 7.05. The van der Waals surface area contributed by atoms with Crippen molar-refractivity contribution in [1.82, 2.24) is 0 Å². The molecule has 5 heteroatoms. The van der Waals surface area contributed by atoms with E-state index < -0.39 is 11.9 Å². The number of methoxy groups -OCH3 is 1. The van der Waals surface area contributed by atoms with Crippen LogP contribution in [0.4, 0.5) is 5.69 Å². The van der Waals surface area contributed by atoms with E-state index in [2.05, 4.69) is 0 Å². The lowest BCUT2D eigenvalue weighted by Crippen LogP contribution is -2.38. The van der Waals surface area contributed by atoms with Gasteiger partial charge < -0.3 is 9.64 Å². The van der Waals surface area contributed by atoms with Crippen LogP contribution in [0.1, 0.15) is 33.3 Å². The standard InChI is InChI=1S/C20H23NO4/c1-11-7-9-16(10-8-11)21-12(2)17(14(4)22)19(20(24)25-6)18(13(21)3)15(5)23/h7-10,19H,1-6H3. The maximum Gasteiger partial charge on any atom is 0.318 e. The highest BCUT2D eigenvalue weighted by Gasteiger charge is 2.40. The number of aryl methyl sites for hydroxylation is 1. The van der Waals surface area contributed by atoms with Crippen molar-refractivity contribution >= 4 is 23.2 Å². The minimum absolute atomic E-state index is 0.253. The van der Waals surface area contributed by atoms with Gasteiger partial charge in [-0.05, 0) is 46.8 Å². The Morgan fingerprint density at radius 2 is 1.32 bits per heavy atom. The summed E-state index contributed by atoms with van der Waals surface area (Å²) in [5.41, 5.74) is 3.80. The van der Waals surface area contributed by atoms with Crippen LogP contribution in [0.3, 0.4) is 0 Å². The first kappa shape index (κ1) is 18.6. The summed E-state index contributed by atoms with van der Waals surface area (Å²) in [7, 11) is 1.26. The van der Waals surface area contributed by atoms with Gasteiger partial charge in [0.1, 0.15) is 5.92 Å².